The molecule has 0 spiro atoms. The fourth-order valence-electron chi connectivity index (χ4n) is 1.40. The molecular weight excluding hydrogens is 242 g/mol. The minimum Gasteiger partial charge on any atom is -0.492 e. The van der Waals surface area contributed by atoms with Crippen molar-refractivity contribution in [2.45, 2.75) is 13.8 Å². The van der Waals surface area contributed by atoms with Crippen LogP contribution in [0.1, 0.15) is 19.4 Å². The van der Waals surface area contributed by atoms with Gasteiger partial charge in [0.25, 0.3) is 0 Å². The SMILES string of the molecule is CC(C)=CCNCCOc1ccc(/C(N)=N/O)cc1. The van der Waals surface area contributed by atoms with Gasteiger partial charge >= 0.3 is 0 Å². The minimum atomic E-state index is 0.0925. The Bertz CT molecular complexity index is 435. The number of nitrogens with zero attached hydrogens (tertiary/aromatic N) is 1. The zero-order valence-corrected chi connectivity index (χ0v) is 11.4. The molecule has 0 atom stereocenters. The van der Waals surface area contributed by atoms with Gasteiger partial charge in [0.2, 0.25) is 0 Å². The van der Waals surface area contributed by atoms with E-state index in [0.717, 1.165) is 18.8 Å². The molecule has 1 rings (SSSR count). The van der Waals surface area contributed by atoms with Crippen LogP contribution in [0.15, 0.2) is 41.1 Å². The van der Waals surface area contributed by atoms with Crippen LogP contribution < -0.4 is 15.8 Å². The lowest BCUT2D eigenvalue weighted by molar-refractivity contribution is 0.316. The molecule has 0 fully saturated rings. The normalized spacial score (nSPS) is 11.2. The molecule has 0 aliphatic rings. The molecule has 0 aliphatic carbocycles. The highest BCUT2D eigenvalue weighted by molar-refractivity contribution is 5.97. The third-order valence-electron chi connectivity index (χ3n) is 2.46. The van der Waals surface area contributed by atoms with Crippen LogP contribution in [0.2, 0.25) is 0 Å². The van der Waals surface area contributed by atoms with Gasteiger partial charge in [0.05, 0.1) is 0 Å². The van der Waals surface area contributed by atoms with Gasteiger partial charge in [-0.15, -0.1) is 0 Å². The lowest BCUT2D eigenvalue weighted by Gasteiger charge is -2.07. The standard InChI is InChI=1S/C14H21N3O2/c1-11(2)7-8-16-9-10-19-13-5-3-12(4-6-13)14(15)17-18/h3-7,16,18H,8-10H2,1-2H3,(H2,15,17). The molecule has 0 amide bonds. The van der Waals surface area contributed by atoms with Crippen molar-refractivity contribution in [1.82, 2.24) is 5.32 Å². The van der Waals surface area contributed by atoms with E-state index >= 15 is 0 Å². The summed E-state index contributed by atoms with van der Waals surface area (Å²) < 4.78 is 5.56. The topological polar surface area (TPSA) is 79.9 Å². The summed E-state index contributed by atoms with van der Waals surface area (Å²) in [4.78, 5) is 0. The van der Waals surface area contributed by atoms with E-state index in [2.05, 4.69) is 30.4 Å². The van der Waals surface area contributed by atoms with Gasteiger partial charge in [-0.05, 0) is 38.1 Å². The first kappa shape index (κ1) is 15.0. The van der Waals surface area contributed by atoms with Crippen molar-refractivity contribution in [2.75, 3.05) is 19.7 Å². The Morgan fingerprint density at radius 3 is 2.63 bits per heavy atom. The van der Waals surface area contributed by atoms with E-state index in [1.165, 1.54) is 5.57 Å². The second kappa shape index (κ2) is 8.16. The van der Waals surface area contributed by atoms with E-state index in [1.807, 2.05) is 0 Å². The molecule has 4 N–H and O–H groups in total. The Morgan fingerprint density at radius 2 is 2.05 bits per heavy atom. The van der Waals surface area contributed by atoms with Crippen LogP contribution in [0.4, 0.5) is 0 Å². The molecule has 19 heavy (non-hydrogen) atoms. The van der Waals surface area contributed by atoms with Crippen molar-refractivity contribution in [3.05, 3.63) is 41.5 Å². The zero-order valence-electron chi connectivity index (χ0n) is 11.4. The summed E-state index contributed by atoms with van der Waals surface area (Å²) in [6.07, 6.45) is 2.13. The summed E-state index contributed by atoms with van der Waals surface area (Å²) in [7, 11) is 0. The lowest BCUT2D eigenvalue weighted by Crippen LogP contribution is -2.21. The van der Waals surface area contributed by atoms with E-state index in [1.54, 1.807) is 24.3 Å². The smallest absolute Gasteiger partial charge is 0.170 e. The summed E-state index contributed by atoms with van der Waals surface area (Å²) in [5.41, 5.74) is 7.43. The van der Waals surface area contributed by atoms with E-state index in [0.29, 0.717) is 12.2 Å². The average molecular weight is 263 g/mol. The van der Waals surface area contributed by atoms with Crippen LogP contribution in [0.25, 0.3) is 0 Å². The highest BCUT2D eigenvalue weighted by atomic mass is 16.5. The van der Waals surface area contributed by atoms with Crippen molar-refractivity contribution in [3.8, 4) is 5.75 Å². The summed E-state index contributed by atoms with van der Waals surface area (Å²) >= 11 is 0. The van der Waals surface area contributed by atoms with Crippen LogP contribution in [0.5, 0.6) is 5.75 Å². The molecule has 0 radical (unpaired) electrons. The summed E-state index contributed by atoms with van der Waals surface area (Å²) in [5, 5.41) is 14.7. The largest absolute Gasteiger partial charge is 0.492 e. The highest BCUT2D eigenvalue weighted by Crippen LogP contribution is 2.11. The molecule has 104 valence electrons. The number of ether oxygens (including phenoxy) is 1. The van der Waals surface area contributed by atoms with Gasteiger partial charge in [-0.1, -0.05) is 16.8 Å². The molecule has 0 heterocycles. The summed E-state index contributed by atoms with van der Waals surface area (Å²) in [5.74, 6) is 0.855. The van der Waals surface area contributed by atoms with E-state index in [4.69, 9.17) is 15.7 Å². The van der Waals surface area contributed by atoms with Gasteiger partial charge in [0.15, 0.2) is 5.84 Å². The number of rotatable bonds is 7. The first-order valence-electron chi connectivity index (χ1n) is 6.18. The first-order chi connectivity index (χ1) is 9.13. The minimum absolute atomic E-state index is 0.0925. The zero-order chi connectivity index (χ0) is 14.1. The molecule has 0 saturated carbocycles. The van der Waals surface area contributed by atoms with Gasteiger partial charge in [0.1, 0.15) is 12.4 Å². The molecule has 0 unspecified atom stereocenters. The van der Waals surface area contributed by atoms with Gasteiger partial charge in [-0.3, -0.25) is 0 Å². The number of oxime groups is 1. The summed E-state index contributed by atoms with van der Waals surface area (Å²) in [6.45, 7) is 6.38. The fourth-order valence-corrected chi connectivity index (χ4v) is 1.40. The van der Waals surface area contributed by atoms with E-state index in [9.17, 15) is 0 Å². The Hall–Kier alpha value is -2.01. The number of benzene rings is 1. The van der Waals surface area contributed by atoms with E-state index < -0.39 is 0 Å². The van der Waals surface area contributed by atoms with Gasteiger partial charge in [-0.2, -0.15) is 0 Å². The Labute approximate surface area is 113 Å². The van der Waals surface area contributed by atoms with Crippen molar-refractivity contribution >= 4 is 5.84 Å². The van der Waals surface area contributed by atoms with Crippen LogP contribution in [0.3, 0.4) is 0 Å². The molecule has 1 aromatic rings. The number of hydrogen-bond donors (Lipinski definition) is 3. The number of amidine groups is 1. The van der Waals surface area contributed by atoms with Crippen molar-refractivity contribution in [2.24, 2.45) is 10.9 Å². The Kier molecular flexibility index (Phi) is 6.46. The lowest BCUT2D eigenvalue weighted by atomic mass is 10.2. The van der Waals surface area contributed by atoms with Crippen molar-refractivity contribution < 1.29 is 9.94 Å². The van der Waals surface area contributed by atoms with Crippen LogP contribution in [-0.2, 0) is 0 Å². The van der Waals surface area contributed by atoms with Crippen LogP contribution in [-0.4, -0.2) is 30.7 Å². The average Bonchev–Trinajstić information content (AvgIpc) is 2.42. The second-order valence-corrected chi connectivity index (χ2v) is 4.34. The van der Waals surface area contributed by atoms with Gasteiger partial charge < -0.3 is 21.0 Å². The number of allylic oxidation sites excluding steroid dienone is 1. The number of nitrogens with one attached hydrogen (secondary N) is 1. The van der Waals surface area contributed by atoms with Crippen molar-refractivity contribution in [1.29, 1.82) is 0 Å². The van der Waals surface area contributed by atoms with Crippen LogP contribution >= 0.6 is 0 Å². The molecule has 1 aromatic carbocycles. The van der Waals surface area contributed by atoms with Crippen molar-refractivity contribution in [3.63, 3.8) is 0 Å². The molecule has 0 bridgehead atoms. The predicted octanol–water partition coefficient (Wildman–Crippen LogP) is 1.72. The molecule has 5 heteroatoms. The predicted molar refractivity (Wildman–Crippen MR) is 76.7 cm³/mol. The third kappa shape index (κ3) is 5.92. The van der Waals surface area contributed by atoms with E-state index in [-0.39, 0.29) is 5.84 Å². The number of nitrogens with two attached hydrogens (primary N) is 1. The highest BCUT2D eigenvalue weighted by Gasteiger charge is 1.99. The first-order valence-corrected chi connectivity index (χ1v) is 6.18. The maximum atomic E-state index is 8.54. The summed E-state index contributed by atoms with van der Waals surface area (Å²) in [6, 6.07) is 7.09. The molecular formula is C14H21N3O2. The Balaban J connectivity index is 2.29. The monoisotopic (exact) mass is 263 g/mol. The molecule has 5 nitrogen and oxygen atoms in total. The maximum Gasteiger partial charge on any atom is 0.170 e. The fraction of sp³-hybridized carbons (Fsp3) is 0.357. The van der Waals surface area contributed by atoms with Crippen LogP contribution in [0, 0.1) is 0 Å². The third-order valence-corrected chi connectivity index (χ3v) is 2.46. The van der Waals surface area contributed by atoms with Gasteiger partial charge in [-0.25, -0.2) is 0 Å². The second-order valence-electron chi connectivity index (χ2n) is 4.34. The Morgan fingerprint density at radius 1 is 1.37 bits per heavy atom. The maximum absolute atomic E-state index is 8.54. The molecule has 0 saturated heterocycles. The molecule has 0 aliphatic heterocycles. The number of hydrogen-bond acceptors (Lipinski definition) is 4. The quantitative estimate of drug-likeness (QED) is 0.175. The van der Waals surface area contributed by atoms with Gasteiger partial charge in [0, 0.05) is 18.7 Å². The molecule has 0 aromatic heterocycles.